The van der Waals surface area contributed by atoms with E-state index in [1.165, 1.54) is 0 Å². The third-order valence-corrected chi connectivity index (χ3v) is 2.27. The Morgan fingerprint density at radius 3 is 1.47 bits per heavy atom. The molecular formula is C13H13N2+. The summed E-state index contributed by atoms with van der Waals surface area (Å²) < 4.78 is 0. The van der Waals surface area contributed by atoms with Crippen molar-refractivity contribution in [2.45, 2.75) is 0 Å². The highest BCUT2D eigenvalue weighted by atomic mass is 15.1. The molecule has 2 rings (SSSR count). The monoisotopic (exact) mass is 197 g/mol. The van der Waals surface area contributed by atoms with E-state index < -0.39 is 0 Å². The first kappa shape index (κ1) is 9.46. The molecule has 0 aliphatic carbocycles. The van der Waals surface area contributed by atoms with E-state index in [2.05, 4.69) is 5.10 Å². The lowest BCUT2D eigenvalue weighted by Crippen LogP contribution is -2.80. The summed E-state index contributed by atoms with van der Waals surface area (Å²) in [5, 5.41) is 2.75. The van der Waals surface area contributed by atoms with Crippen LogP contribution in [0.4, 0.5) is 0 Å². The van der Waals surface area contributed by atoms with Crippen LogP contribution in [0.5, 0.6) is 0 Å². The van der Waals surface area contributed by atoms with Crippen LogP contribution in [-0.2, 0) is 0 Å². The molecule has 0 saturated heterocycles. The highest BCUT2D eigenvalue weighted by molar-refractivity contribution is 6.08. The van der Waals surface area contributed by atoms with Gasteiger partial charge in [-0.3, -0.25) is 0 Å². The van der Waals surface area contributed by atoms with Gasteiger partial charge in [0.25, 0.3) is 0 Å². The molecule has 0 heterocycles. The van der Waals surface area contributed by atoms with Crippen LogP contribution in [0.25, 0.3) is 0 Å². The Kier molecular flexibility index (Phi) is 2.79. The number of rotatable bonds is 2. The molecule has 3 N–H and O–H groups in total. The molecule has 0 aliphatic heterocycles. The van der Waals surface area contributed by atoms with Crippen LogP contribution in [0, 0.1) is 0 Å². The van der Waals surface area contributed by atoms with Crippen LogP contribution in [0.1, 0.15) is 11.1 Å². The molecule has 0 aliphatic rings. The first-order chi connectivity index (χ1) is 7.42. The molecule has 0 unspecified atom stereocenters. The third kappa shape index (κ3) is 2.05. The number of hydrogen-bond acceptors (Lipinski definition) is 1. The Balaban J connectivity index is 2.44. The number of benzene rings is 2. The minimum atomic E-state index is 0.941. The van der Waals surface area contributed by atoms with Crippen molar-refractivity contribution in [3.63, 3.8) is 0 Å². The summed E-state index contributed by atoms with van der Waals surface area (Å²) in [6.45, 7) is 0. The molecule has 2 aromatic rings. The summed E-state index contributed by atoms with van der Waals surface area (Å²) in [6, 6.07) is 20.1. The minimum Gasteiger partial charge on any atom is -0.212 e. The summed E-state index contributed by atoms with van der Waals surface area (Å²) in [6.07, 6.45) is 0. The van der Waals surface area contributed by atoms with E-state index in [-0.39, 0.29) is 0 Å². The van der Waals surface area contributed by atoms with Gasteiger partial charge < -0.3 is 0 Å². The van der Waals surface area contributed by atoms with Crippen molar-refractivity contribution in [3.8, 4) is 0 Å². The quantitative estimate of drug-likeness (QED) is 0.410. The van der Waals surface area contributed by atoms with Crippen LogP contribution >= 0.6 is 0 Å². The van der Waals surface area contributed by atoms with E-state index in [4.69, 9.17) is 5.84 Å². The average molecular weight is 197 g/mol. The summed E-state index contributed by atoms with van der Waals surface area (Å²) >= 11 is 0. The van der Waals surface area contributed by atoms with Gasteiger partial charge in [0.05, 0.1) is 0 Å². The van der Waals surface area contributed by atoms with Gasteiger partial charge in [0, 0.05) is 11.1 Å². The third-order valence-electron chi connectivity index (χ3n) is 2.27. The number of nitrogens with one attached hydrogen (secondary N) is 1. The molecule has 0 aromatic heterocycles. The molecule has 0 spiro atoms. The van der Waals surface area contributed by atoms with Gasteiger partial charge in [-0.15, -0.1) is 5.10 Å². The molecule has 0 saturated carbocycles. The largest absolute Gasteiger partial charge is 0.240 e. The maximum atomic E-state index is 5.55. The predicted octanol–water partition coefficient (Wildman–Crippen LogP) is 0.478. The van der Waals surface area contributed by atoms with Gasteiger partial charge in [-0.1, -0.05) is 36.4 Å². The van der Waals surface area contributed by atoms with Gasteiger partial charge in [0.15, 0.2) is 0 Å². The van der Waals surface area contributed by atoms with E-state index in [1.54, 1.807) is 0 Å². The van der Waals surface area contributed by atoms with E-state index >= 15 is 0 Å². The Morgan fingerprint density at radius 2 is 1.13 bits per heavy atom. The van der Waals surface area contributed by atoms with Gasteiger partial charge in [-0.25, -0.2) is 5.84 Å². The molecule has 74 valence electrons. The second-order valence-electron chi connectivity index (χ2n) is 3.25. The molecule has 0 amide bonds. The fourth-order valence-electron chi connectivity index (χ4n) is 1.54. The van der Waals surface area contributed by atoms with Crippen molar-refractivity contribution in [3.05, 3.63) is 71.8 Å². The number of nitrogens with two attached hydrogens (primary N) is 1. The molecule has 0 fully saturated rings. The fourth-order valence-corrected chi connectivity index (χ4v) is 1.54. The lowest BCUT2D eigenvalue weighted by Gasteiger charge is -1.99. The highest BCUT2D eigenvalue weighted by Crippen LogP contribution is 2.06. The first-order valence-corrected chi connectivity index (χ1v) is 4.86. The van der Waals surface area contributed by atoms with Gasteiger partial charge in [0.2, 0.25) is 5.71 Å². The molecule has 15 heavy (non-hydrogen) atoms. The normalized spacial score (nSPS) is 9.60. The SMILES string of the molecule is N[NH+]=C(c1ccccc1)c1ccccc1. The average Bonchev–Trinajstić information content (AvgIpc) is 2.33. The van der Waals surface area contributed by atoms with Crippen molar-refractivity contribution in [2.24, 2.45) is 5.84 Å². The van der Waals surface area contributed by atoms with Gasteiger partial charge >= 0.3 is 0 Å². The van der Waals surface area contributed by atoms with Crippen LogP contribution in [0.3, 0.4) is 0 Å². The zero-order valence-electron chi connectivity index (χ0n) is 8.35. The van der Waals surface area contributed by atoms with Crippen LogP contribution in [0.15, 0.2) is 60.7 Å². The van der Waals surface area contributed by atoms with Crippen molar-refractivity contribution < 1.29 is 5.10 Å². The Morgan fingerprint density at radius 1 is 0.733 bits per heavy atom. The van der Waals surface area contributed by atoms with E-state index in [9.17, 15) is 0 Å². The van der Waals surface area contributed by atoms with E-state index in [0.717, 1.165) is 16.8 Å². The fraction of sp³-hybridized carbons (Fsp3) is 0. The van der Waals surface area contributed by atoms with Gasteiger partial charge in [-0.2, -0.15) is 0 Å². The molecule has 2 nitrogen and oxygen atoms in total. The Bertz CT molecular complexity index is 405. The van der Waals surface area contributed by atoms with Crippen molar-refractivity contribution in [2.75, 3.05) is 0 Å². The summed E-state index contributed by atoms with van der Waals surface area (Å²) in [4.78, 5) is 0. The van der Waals surface area contributed by atoms with Gasteiger partial charge in [0.1, 0.15) is 0 Å². The van der Waals surface area contributed by atoms with Crippen LogP contribution in [-0.4, -0.2) is 5.71 Å². The lowest BCUT2D eigenvalue weighted by atomic mass is 10.0. The van der Waals surface area contributed by atoms with E-state index in [1.807, 2.05) is 60.7 Å². The number of hydrogen-bond donors (Lipinski definition) is 2. The number of hydrazine groups is 1. The maximum Gasteiger partial charge on any atom is 0.240 e. The zero-order valence-corrected chi connectivity index (χ0v) is 8.35. The van der Waals surface area contributed by atoms with Crippen molar-refractivity contribution in [1.29, 1.82) is 0 Å². The van der Waals surface area contributed by atoms with E-state index in [0.29, 0.717) is 0 Å². The smallest absolute Gasteiger partial charge is 0.212 e. The number of hydrazone groups is 1. The first-order valence-electron chi connectivity index (χ1n) is 4.86. The lowest BCUT2D eigenvalue weighted by molar-refractivity contribution is -0.468. The van der Waals surface area contributed by atoms with Crippen molar-refractivity contribution in [1.82, 2.24) is 0 Å². The van der Waals surface area contributed by atoms with Crippen LogP contribution in [0.2, 0.25) is 0 Å². The minimum absolute atomic E-state index is 0.941. The molecule has 0 radical (unpaired) electrons. The molecular weight excluding hydrogens is 184 g/mol. The highest BCUT2D eigenvalue weighted by Gasteiger charge is 2.10. The maximum absolute atomic E-state index is 5.55. The van der Waals surface area contributed by atoms with Crippen LogP contribution < -0.4 is 10.9 Å². The molecule has 2 heteroatoms. The van der Waals surface area contributed by atoms with Crippen molar-refractivity contribution >= 4 is 5.71 Å². The zero-order chi connectivity index (χ0) is 10.5. The predicted molar refractivity (Wildman–Crippen MR) is 61.2 cm³/mol. The topological polar surface area (TPSA) is 40.0 Å². The second-order valence-corrected chi connectivity index (χ2v) is 3.25. The van der Waals surface area contributed by atoms with Gasteiger partial charge in [-0.05, 0) is 24.3 Å². The Labute approximate surface area is 89.1 Å². The second kappa shape index (κ2) is 4.42. The summed E-state index contributed by atoms with van der Waals surface area (Å²) in [5.74, 6) is 5.55. The molecule has 0 atom stereocenters. The Hall–Kier alpha value is -2.09. The molecule has 0 bridgehead atoms. The molecule has 2 aromatic carbocycles. The summed E-state index contributed by atoms with van der Waals surface area (Å²) in [7, 11) is 0. The standard InChI is InChI=1S/C13H12N2/c14-15-13(11-7-3-1-4-8-11)12-9-5-2-6-10-12/h1-10H,14H2/p+1. The summed E-state index contributed by atoms with van der Waals surface area (Å²) in [5.41, 5.74) is 3.12.